The molecule has 2 atom stereocenters. The number of aliphatic hydroxyl groups is 2. The number of unbranched alkanes of at least 4 members (excludes halogenated alkanes) is 27. The van der Waals surface area contributed by atoms with Crippen LogP contribution in [-0.4, -0.2) is 34.9 Å². The summed E-state index contributed by atoms with van der Waals surface area (Å²) in [6.45, 7) is 4.28. The standard InChI is InChI=1S/C44H83NO3/c1-3-5-7-9-11-13-15-17-18-19-20-21-22-23-24-25-26-28-29-31-33-35-37-39-43(47)42(41-46)45-44(48)40-38-36-34-32-30-27-16-14-12-10-8-6-4-2/h27,29-31,37,39,42-43,46-47H,3-26,28,32-36,38,40-41H2,1-2H3,(H,45,48)/b30-27-,31-29+,39-37+. The summed E-state index contributed by atoms with van der Waals surface area (Å²) < 4.78 is 0. The predicted molar refractivity (Wildman–Crippen MR) is 212 cm³/mol. The summed E-state index contributed by atoms with van der Waals surface area (Å²) in [5.41, 5.74) is 0. The SMILES string of the molecule is CCCCCCCC/C=C\CCCCCC(=O)NC(CO)C(O)/C=C/CC/C=C/CCCCCCCCCCCCCCCCCCC. The second-order valence-electron chi connectivity index (χ2n) is 14.4. The first-order valence-electron chi connectivity index (χ1n) is 21.2. The summed E-state index contributed by atoms with van der Waals surface area (Å²) >= 11 is 0. The molecule has 0 spiro atoms. The molecule has 0 saturated heterocycles. The average Bonchev–Trinajstić information content (AvgIpc) is 3.09. The normalized spacial score (nSPS) is 13.3. The van der Waals surface area contributed by atoms with Crippen LogP contribution in [0.1, 0.15) is 219 Å². The Morgan fingerprint density at radius 3 is 1.21 bits per heavy atom. The van der Waals surface area contributed by atoms with Crippen molar-refractivity contribution >= 4 is 5.91 Å². The fourth-order valence-electron chi connectivity index (χ4n) is 6.31. The van der Waals surface area contributed by atoms with Gasteiger partial charge in [0.1, 0.15) is 0 Å². The van der Waals surface area contributed by atoms with E-state index in [2.05, 4.69) is 43.5 Å². The van der Waals surface area contributed by atoms with E-state index in [1.807, 2.05) is 6.08 Å². The summed E-state index contributed by atoms with van der Waals surface area (Å²) in [7, 11) is 0. The molecule has 3 N–H and O–H groups in total. The van der Waals surface area contributed by atoms with Gasteiger partial charge in [0.2, 0.25) is 5.91 Å². The summed E-state index contributed by atoms with van der Waals surface area (Å²) in [6.07, 6.45) is 52.6. The van der Waals surface area contributed by atoms with E-state index in [4.69, 9.17) is 0 Å². The first kappa shape index (κ1) is 46.6. The summed E-state index contributed by atoms with van der Waals surface area (Å²) in [5.74, 6) is -0.0904. The first-order chi connectivity index (χ1) is 23.7. The number of amides is 1. The van der Waals surface area contributed by atoms with E-state index in [0.29, 0.717) is 6.42 Å². The van der Waals surface area contributed by atoms with Gasteiger partial charge in [0.05, 0.1) is 18.8 Å². The Morgan fingerprint density at radius 2 is 0.812 bits per heavy atom. The molecule has 0 aromatic heterocycles. The lowest BCUT2D eigenvalue weighted by atomic mass is 10.0. The van der Waals surface area contributed by atoms with Crippen LogP contribution in [0.5, 0.6) is 0 Å². The van der Waals surface area contributed by atoms with Crippen molar-refractivity contribution in [3.05, 3.63) is 36.5 Å². The Morgan fingerprint density at radius 1 is 0.479 bits per heavy atom. The number of aliphatic hydroxyl groups excluding tert-OH is 2. The molecule has 0 aliphatic rings. The topological polar surface area (TPSA) is 69.6 Å². The molecule has 0 aromatic carbocycles. The highest BCUT2D eigenvalue weighted by Gasteiger charge is 2.17. The number of hydrogen-bond donors (Lipinski definition) is 3. The summed E-state index contributed by atoms with van der Waals surface area (Å²) in [4.78, 5) is 12.3. The Balaban J connectivity index is 3.61. The first-order valence-corrected chi connectivity index (χ1v) is 21.2. The second-order valence-corrected chi connectivity index (χ2v) is 14.4. The maximum absolute atomic E-state index is 12.3. The Kier molecular flexibility index (Phi) is 38.9. The molecular formula is C44H83NO3. The average molecular weight is 674 g/mol. The molecule has 0 saturated carbocycles. The molecule has 0 aliphatic heterocycles. The maximum Gasteiger partial charge on any atom is 0.220 e. The maximum atomic E-state index is 12.3. The monoisotopic (exact) mass is 674 g/mol. The van der Waals surface area contributed by atoms with Gasteiger partial charge < -0.3 is 15.5 Å². The molecule has 48 heavy (non-hydrogen) atoms. The van der Waals surface area contributed by atoms with Crippen LogP contribution < -0.4 is 5.32 Å². The molecule has 0 radical (unpaired) electrons. The number of rotatable bonds is 38. The van der Waals surface area contributed by atoms with Gasteiger partial charge in [-0.3, -0.25) is 4.79 Å². The van der Waals surface area contributed by atoms with Crippen LogP contribution in [0.25, 0.3) is 0 Å². The van der Waals surface area contributed by atoms with Crippen molar-refractivity contribution in [1.29, 1.82) is 0 Å². The van der Waals surface area contributed by atoms with Gasteiger partial charge >= 0.3 is 0 Å². The molecule has 282 valence electrons. The van der Waals surface area contributed by atoms with E-state index >= 15 is 0 Å². The van der Waals surface area contributed by atoms with E-state index < -0.39 is 12.1 Å². The van der Waals surface area contributed by atoms with E-state index in [1.165, 1.54) is 154 Å². The van der Waals surface area contributed by atoms with Gasteiger partial charge in [0.25, 0.3) is 0 Å². The highest BCUT2D eigenvalue weighted by atomic mass is 16.3. The smallest absolute Gasteiger partial charge is 0.220 e. The zero-order valence-corrected chi connectivity index (χ0v) is 32.3. The number of hydrogen-bond acceptors (Lipinski definition) is 3. The van der Waals surface area contributed by atoms with Crippen molar-refractivity contribution in [2.45, 2.75) is 231 Å². The summed E-state index contributed by atoms with van der Waals surface area (Å²) in [6, 6.07) is -0.645. The quantitative estimate of drug-likeness (QED) is 0.0451. The van der Waals surface area contributed by atoms with E-state index in [1.54, 1.807) is 6.08 Å². The molecule has 4 nitrogen and oxygen atoms in total. The van der Waals surface area contributed by atoms with Gasteiger partial charge in [-0.25, -0.2) is 0 Å². The zero-order valence-electron chi connectivity index (χ0n) is 32.3. The van der Waals surface area contributed by atoms with Crippen LogP contribution in [0.4, 0.5) is 0 Å². The molecule has 1 amide bonds. The molecule has 0 rings (SSSR count). The third kappa shape index (κ3) is 35.9. The molecule has 0 fully saturated rings. The van der Waals surface area contributed by atoms with Gasteiger partial charge in [-0.05, 0) is 57.8 Å². The van der Waals surface area contributed by atoms with Crippen LogP contribution in [0.2, 0.25) is 0 Å². The lowest BCUT2D eigenvalue weighted by Crippen LogP contribution is -2.45. The highest BCUT2D eigenvalue weighted by Crippen LogP contribution is 2.15. The minimum absolute atomic E-state index is 0.0904. The number of allylic oxidation sites excluding steroid dienone is 5. The van der Waals surface area contributed by atoms with Crippen LogP contribution in [-0.2, 0) is 4.79 Å². The van der Waals surface area contributed by atoms with E-state index in [9.17, 15) is 15.0 Å². The number of carbonyl (C=O) groups is 1. The lowest BCUT2D eigenvalue weighted by molar-refractivity contribution is -0.123. The molecule has 2 unspecified atom stereocenters. The Bertz CT molecular complexity index is 731. The van der Waals surface area contributed by atoms with Gasteiger partial charge in [-0.15, -0.1) is 0 Å². The third-order valence-corrected chi connectivity index (χ3v) is 9.60. The van der Waals surface area contributed by atoms with Gasteiger partial charge in [-0.2, -0.15) is 0 Å². The molecule has 0 aromatic rings. The predicted octanol–water partition coefficient (Wildman–Crippen LogP) is 13.0. The highest BCUT2D eigenvalue weighted by molar-refractivity contribution is 5.76. The van der Waals surface area contributed by atoms with Gasteiger partial charge in [0.15, 0.2) is 0 Å². The Labute approximate surface area is 300 Å². The fourth-order valence-corrected chi connectivity index (χ4v) is 6.31. The van der Waals surface area contributed by atoms with Crippen LogP contribution in [0.15, 0.2) is 36.5 Å². The van der Waals surface area contributed by atoms with Crippen molar-refractivity contribution in [3.8, 4) is 0 Å². The molecule has 0 bridgehead atoms. The van der Waals surface area contributed by atoms with Crippen LogP contribution in [0.3, 0.4) is 0 Å². The van der Waals surface area contributed by atoms with Crippen molar-refractivity contribution in [2.75, 3.05) is 6.61 Å². The number of nitrogens with one attached hydrogen (secondary N) is 1. The second kappa shape index (κ2) is 40.0. The van der Waals surface area contributed by atoms with Gasteiger partial charge in [0, 0.05) is 6.42 Å². The number of carbonyl (C=O) groups excluding carboxylic acids is 1. The van der Waals surface area contributed by atoms with Crippen LogP contribution >= 0.6 is 0 Å². The fraction of sp³-hybridized carbons (Fsp3) is 0.841. The summed E-state index contributed by atoms with van der Waals surface area (Å²) in [5, 5.41) is 22.9. The van der Waals surface area contributed by atoms with Crippen molar-refractivity contribution in [2.24, 2.45) is 0 Å². The molecule has 4 heteroatoms. The zero-order chi connectivity index (χ0) is 35.0. The molecule has 0 heterocycles. The molecular weight excluding hydrogens is 590 g/mol. The van der Waals surface area contributed by atoms with Crippen molar-refractivity contribution in [1.82, 2.24) is 5.32 Å². The van der Waals surface area contributed by atoms with E-state index in [0.717, 1.165) is 44.9 Å². The van der Waals surface area contributed by atoms with Gasteiger partial charge in [-0.1, -0.05) is 192 Å². The van der Waals surface area contributed by atoms with E-state index in [-0.39, 0.29) is 12.5 Å². The van der Waals surface area contributed by atoms with Crippen LogP contribution in [0, 0.1) is 0 Å². The minimum Gasteiger partial charge on any atom is -0.394 e. The largest absolute Gasteiger partial charge is 0.394 e. The Hall–Kier alpha value is -1.39. The van der Waals surface area contributed by atoms with Crippen molar-refractivity contribution < 1.29 is 15.0 Å². The molecule has 0 aliphatic carbocycles. The third-order valence-electron chi connectivity index (χ3n) is 9.60. The minimum atomic E-state index is -0.866. The lowest BCUT2D eigenvalue weighted by Gasteiger charge is -2.19. The van der Waals surface area contributed by atoms with Crippen molar-refractivity contribution in [3.63, 3.8) is 0 Å².